The van der Waals surface area contributed by atoms with Gasteiger partial charge in [-0.25, -0.2) is 13.4 Å². The minimum absolute atomic E-state index is 0.0282. The number of hydrogen-bond acceptors (Lipinski definition) is 5. The van der Waals surface area contributed by atoms with Crippen LogP contribution >= 0.6 is 0 Å². The third-order valence-corrected chi connectivity index (χ3v) is 5.92. The van der Waals surface area contributed by atoms with Crippen LogP contribution in [-0.2, 0) is 19.4 Å². The molecule has 0 N–H and O–H groups in total. The van der Waals surface area contributed by atoms with E-state index < -0.39 is 21.0 Å². The van der Waals surface area contributed by atoms with Gasteiger partial charge in [0.1, 0.15) is 0 Å². The van der Waals surface area contributed by atoms with Gasteiger partial charge in [-0.1, -0.05) is 0 Å². The Balaban J connectivity index is 2.09. The van der Waals surface area contributed by atoms with Gasteiger partial charge in [-0.2, -0.15) is 4.39 Å². The highest BCUT2D eigenvalue weighted by atomic mass is 32.2. The molecular formula is C13H16FNO4S. The molecule has 7 heteroatoms. The first-order valence-corrected chi connectivity index (χ1v) is 7.93. The van der Waals surface area contributed by atoms with Crippen LogP contribution in [0.25, 0.3) is 0 Å². The summed E-state index contributed by atoms with van der Waals surface area (Å²) in [6.45, 7) is 0. The van der Waals surface area contributed by atoms with E-state index in [1.54, 1.807) is 0 Å². The van der Waals surface area contributed by atoms with Gasteiger partial charge >= 0.3 is 5.97 Å². The molecule has 20 heavy (non-hydrogen) atoms. The van der Waals surface area contributed by atoms with E-state index >= 15 is 0 Å². The lowest BCUT2D eigenvalue weighted by molar-refractivity contribution is -0.146. The standard InChI is InChI=1S/C13H16FNO4S/c1-19-13(16)9-2-4-10(5-3-9)20(17,18)11-6-7-12(14)15-8-11/h6-10H,2-5H2,1H3. The normalized spacial score (nSPS) is 23.3. The second kappa shape index (κ2) is 5.87. The number of pyridine rings is 1. The molecule has 2 rings (SSSR count). The van der Waals surface area contributed by atoms with Gasteiger partial charge in [0.15, 0.2) is 9.84 Å². The highest BCUT2D eigenvalue weighted by molar-refractivity contribution is 7.92. The zero-order valence-electron chi connectivity index (χ0n) is 11.1. The molecule has 1 heterocycles. The number of rotatable bonds is 3. The van der Waals surface area contributed by atoms with Crippen molar-refractivity contribution in [2.45, 2.75) is 35.8 Å². The summed E-state index contributed by atoms with van der Waals surface area (Å²) in [6, 6.07) is 2.26. The topological polar surface area (TPSA) is 73.3 Å². The lowest BCUT2D eigenvalue weighted by Gasteiger charge is -2.26. The first kappa shape index (κ1) is 14.9. The zero-order chi connectivity index (χ0) is 14.8. The molecule has 1 aromatic rings. The number of nitrogens with zero attached hydrogens (tertiary/aromatic N) is 1. The number of carbonyl (C=O) groups is 1. The SMILES string of the molecule is COC(=O)C1CCC(S(=O)(=O)c2ccc(F)nc2)CC1. The molecule has 1 saturated carbocycles. The smallest absolute Gasteiger partial charge is 0.308 e. The second-order valence-electron chi connectivity index (χ2n) is 4.86. The maximum absolute atomic E-state index is 12.7. The Morgan fingerprint density at radius 1 is 1.30 bits per heavy atom. The number of sulfone groups is 1. The molecule has 1 fully saturated rings. The van der Waals surface area contributed by atoms with Gasteiger partial charge in [0.25, 0.3) is 0 Å². The predicted molar refractivity (Wildman–Crippen MR) is 69.1 cm³/mol. The predicted octanol–water partition coefficient (Wildman–Crippen LogP) is 1.73. The van der Waals surface area contributed by atoms with Crippen LogP contribution in [0.4, 0.5) is 4.39 Å². The molecule has 110 valence electrons. The van der Waals surface area contributed by atoms with Crippen LogP contribution in [0, 0.1) is 11.9 Å². The molecule has 1 aliphatic carbocycles. The Morgan fingerprint density at radius 2 is 1.95 bits per heavy atom. The Labute approximate surface area is 117 Å². The van der Waals surface area contributed by atoms with Crippen LogP contribution in [0.1, 0.15) is 25.7 Å². The summed E-state index contributed by atoms with van der Waals surface area (Å²) in [5.74, 6) is -1.22. The van der Waals surface area contributed by atoms with Gasteiger partial charge in [-0.15, -0.1) is 0 Å². The fourth-order valence-corrected chi connectivity index (χ4v) is 4.23. The first-order valence-electron chi connectivity index (χ1n) is 6.38. The van der Waals surface area contributed by atoms with E-state index in [4.69, 9.17) is 0 Å². The van der Waals surface area contributed by atoms with Crippen molar-refractivity contribution in [3.63, 3.8) is 0 Å². The lowest BCUT2D eigenvalue weighted by atomic mass is 9.89. The van der Waals surface area contributed by atoms with Gasteiger partial charge in [0.2, 0.25) is 5.95 Å². The van der Waals surface area contributed by atoms with Crippen molar-refractivity contribution in [1.29, 1.82) is 0 Å². The van der Waals surface area contributed by atoms with Crippen LogP contribution in [0.3, 0.4) is 0 Å². The van der Waals surface area contributed by atoms with Crippen molar-refractivity contribution in [2.24, 2.45) is 5.92 Å². The molecule has 0 radical (unpaired) electrons. The number of ether oxygens (including phenoxy) is 1. The molecule has 0 amide bonds. The Bertz CT molecular complexity index is 577. The molecule has 0 spiro atoms. The highest BCUT2D eigenvalue weighted by Crippen LogP contribution is 2.32. The van der Waals surface area contributed by atoms with Crippen molar-refractivity contribution in [3.8, 4) is 0 Å². The van der Waals surface area contributed by atoms with E-state index in [2.05, 4.69) is 9.72 Å². The molecule has 5 nitrogen and oxygen atoms in total. The van der Waals surface area contributed by atoms with Gasteiger partial charge in [-0.05, 0) is 37.8 Å². The Morgan fingerprint density at radius 3 is 2.45 bits per heavy atom. The average molecular weight is 301 g/mol. The zero-order valence-corrected chi connectivity index (χ0v) is 11.9. The number of carbonyl (C=O) groups excluding carboxylic acids is 1. The fraction of sp³-hybridized carbons (Fsp3) is 0.538. The molecule has 0 atom stereocenters. The lowest BCUT2D eigenvalue weighted by Crippen LogP contribution is -2.30. The largest absolute Gasteiger partial charge is 0.469 e. The van der Waals surface area contributed by atoms with Gasteiger partial charge in [-0.3, -0.25) is 4.79 Å². The molecule has 0 bridgehead atoms. The van der Waals surface area contributed by atoms with E-state index in [1.165, 1.54) is 13.2 Å². The van der Waals surface area contributed by atoms with Crippen molar-refractivity contribution in [1.82, 2.24) is 4.98 Å². The maximum atomic E-state index is 12.7. The van der Waals surface area contributed by atoms with E-state index in [9.17, 15) is 17.6 Å². The van der Waals surface area contributed by atoms with E-state index in [0.717, 1.165) is 12.3 Å². The van der Waals surface area contributed by atoms with Gasteiger partial charge in [0.05, 0.1) is 23.2 Å². The number of halogens is 1. The molecule has 0 aliphatic heterocycles. The quantitative estimate of drug-likeness (QED) is 0.628. The van der Waals surface area contributed by atoms with Gasteiger partial charge < -0.3 is 4.74 Å². The van der Waals surface area contributed by atoms with Crippen LogP contribution in [0.2, 0.25) is 0 Å². The second-order valence-corrected chi connectivity index (χ2v) is 7.09. The van der Waals surface area contributed by atoms with Crippen LogP contribution in [0.5, 0.6) is 0 Å². The van der Waals surface area contributed by atoms with Crippen molar-refractivity contribution in [2.75, 3.05) is 7.11 Å². The van der Waals surface area contributed by atoms with Crippen LogP contribution in [-0.4, -0.2) is 31.7 Å². The summed E-state index contributed by atoms with van der Waals surface area (Å²) in [6.07, 6.45) is 2.83. The monoisotopic (exact) mass is 301 g/mol. The molecule has 0 saturated heterocycles. The fourth-order valence-electron chi connectivity index (χ4n) is 2.50. The summed E-state index contributed by atoms with van der Waals surface area (Å²) in [5.41, 5.74) is 0. The molecular weight excluding hydrogens is 285 g/mol. The van der Waals surface area contributed by atoms with Gasteiger partial charge in [0, 0.05) is 6.20 Å². The summed E-state index contributed by atoms with van der Waals surface area (Å²) in [7, 11) is -2.19. The Kier molecular flexibility index (Phi) is 4.37. The summed E-state index contributed by atoms with van der Waals surface area (Å²) >= 11 is 0. The van der Waals surface area contributed by atoms with Crippen molar-refractivity contribution >= 4 is 15.8 Å². The number of esters is 1. The van der Waals surface area contributed by atoms with E-state index in [0.29, 0.717) is 25.7 Å². The minimum Gasteiger partial charge on any atom is -0.469 e. The molecule has 1 aromatic heterocycles. The highest BCUT2D eigenvalue weighted by Gasteiger charge is 2.34. The summed E-state index contributed by atoms with van der Waals surface area (Å²) in [4.78, 5) is 14.8. The Hall–Kier alpha value is -1.50. The molecule has 0 aromatic carbocycles. The minimum atomic E-state index is -3.52. The number of aromatic nitrogens is 1. The average Bonchev–Trinajstić information content (AvgIpc) is 2.47. The van der Waals surface area contributed by atoms with Crippen LogP contribution in [0.15, 0.2) is 23.2 Å². The summed E-state index contributed by atoms with van der Waals surface area (Å²) < 4.78 is 42.1. The van der Waals surface area contributed by atoms with E-state index in [-0.39, 0.29) is 16.8 Å². The third-order valence-electron chi connectivity index (χ3n) is 3.68. The number of methoxy groups -OCH3 is 1. The maximum Gasteiger partial charge on any atom is 0.308 e. The molecule has 0 unspecified atom stereocenters. The van der Waals surface area contributed by atoms with E-state index in [1.807, 2.05) is 0 Å². The van der Waals surface area contributed by atoms with Crippen molar-refractivity contribution < 1.29 is 22.3 Å². The number of hydrogen-bond donors (Lipinski definition) is 0. The third kappa shape index (κ3) is 2.98. The summed E-state index contributed by atoms with van der Waals surface area (Å²) in [5, 5.41) is -0.546. The van der Waals surface area contributed by atoms with Crippen LogP contribution < -0.4 is 0 Å². The first-order chi connectivity index (χ1) is 9.45. The van der Waals surface area contributed by atoms with Crippen molar-refractivity contribution in [3.05, 3.63) is 24.3 Å². The molecule has 1 aliphatic rings.